The number of nitrogens with one attached hydrogen (secondary N) is 2. The zero-order valence-electron chi connectivity index (χ0n) is 13.3. The minimum atomic E-state index is -0.572. The van der Waals surface area contributed by atoms with Crippen molar-refractivity contribution >= 4 is 29.6 Å². The third kappa shape index (κ3) is 3.92. The number of methoxy groups -OCH3 is 1. The second-order valence-electron chi connectivity index (χ2n) is 5.27. The van der Waals surface area contributed by atoms with Gasteiger partial charge in [-0.25, -0.2) is 4.79 Å². The molecule has 1 saturated heterocycles. The number of hydrogen-bond donors (Lipinski definition) is 2. The predicted octanol–water partition coefficient (Wildman–Crippen LogP) is 3.11. The molecule has 2 aromatic carbocycles. The van der Waals surface area contributed by atoms with E-state index in [1.807, 2.05) is 30.3 Å². The largest absolute Gasteiger partial charge is 0.493 e. The third-order valence-electron chi connectivity index (χ3n) is 3.51. The van der Waals surface area contributed by atoms with Crippen molar-refractivity contribution in [2.75, 3.05) is 7.11 Å². The highest BCUT2D eigenvalue weighted by atomic mass is 35.5. The fourth-order valence-electron chi connectivity index (χ4n) is 2.37. The van der Waals surface area contributed by atoms with Gasteiger partial charge < -0.3 is 14.8 Å². The first kappa shape index (κ1) is 16.9. The molecule has 1 aliphatic rings. The molecule has 0 radical (unpaired) electrons. The number of benzene rings is 2. The first-order valence-electron chi connectivity index (χ1n) is 7.45. The van der Waals surface area contributed by atoms with Crippen molar-refractivity contribution in [3.63, 3.8) is 0 Å². The Morgan fingerprint density at radius 2 is 1.88 bits per heavy atom. The van der Waals surface area contributed by atoms with E-state index in [4.69, 9.17) is 21.1 Å². The van der Waals surface area contributed by atoms with E-state index in [0.717, 1.165) is 5.56 Å². The quantitative estimate of drug-likeness (QED) is 0.636. The topological polar surface area (TPSA) is 76.7 Å². The van der Waals surface area contributed by atoms with E-state index < -0.39 is 11.9 Å². The summed E-state index contributed by atoms with van der Waals surface area (Å²) in [6.07, 6.45) is 1.50. The molecule has 0 spiro atoms. The van der Waals surface area contributed by atoms with Crippen LogP contribution in [-0.4, -0.2) is 19.0 Å². The van der Waals surface area contributed by atoms with Crippen LogP contribution in [0.5, 0.6) is 11.5 Å². The van der Waals surface area contributed by atoms with Crippen LogP contribution in [-0.2, 0) is 11.4 Å². The van der Waals surface area contributed by atoms with Gasteiger partial charge in [0.05, 0.1) is 7.11 Å². The number of hydrogen-bond acceptors (Lipinski definition) is 4. The number of imide groups is 1. The zero-order chi connectivity index (χ0) is 17.8. The van der Waals surface area contributed by atoms with Crippen LogP contribution < -0.4 is 20.1 Å². The van der Waals surface area contributed by atoms with Crippen molar-refractivity contribution in [3.8, 4) is 11.5 Å². The minimum absolute atomic E-state index is 0.110. The molecule has 3 rings (SSSR count). The Kier molecular flexibility index (Phi) is 4.90. The number of rotatable bonds is 5. The van der Waals surface area contributed by atoms with Gasteiger partial charge >= 0.3 is 6.03 Å². The smallest absolute Gasteiger partial charge is 0.326 e. The van der Waals surface area contributed by atoms with Gasteiger partial charge in [0.25, 0.3) is 5.91 Å². The van der Waals surface area contributed by atoms with E-state index in [2.05, 4.69) is 10.6 Å². The third-order valence-corrected chi connectivity index (χ3v) is 3.73. The van der Waals surface area contributed by atoms with Gasteiger partial charge in [-0.1, -0.05) is 41.9 Å². The molecule has 0 unspecified atom stereocenters. The predicted molar refractivity (Wildman–Crippen MR) is 93.4 cm³/mol. The van der Waals surface area contributed by atoms with E-state index >= 15 is 0 Å². The van der Waals surface area contributed by atoms with E-state index in [9.17, 15) is 9.59 Å². The molecule has 1 heterocycles. The average molecular weight is 359 g/mol. The van der Waals surface area contributed by atoms with Crippen LogP contribution in [0.25, 0.3) is 6.08 Å². The Balaban J connectivity index is 1.96. The number of carbonyl (C=O) groups excluding carboxylic acids is 2. The van der Waals surface area contributed by atoms with Crippen LogP contribution in [0.4, 0.5) is 4.79 Å². The fourth-order valence-corrected chi connectivity index (χ4v) is 2.59. The highest BCUT2D eigenvalue weighted by Crippen LogP contribution is 2.36. The normalized spacial score (nSPS) is 15.0. The lowest BCUT2D eigenvalue weighted by molar-refractivity contribution is -0.115. The van der Waals surface area contributed by atoms with E-state index in [1.165, 1.54) is 13.2 Å². The van der Waals surface area contributed by atoms with E-state index in [0.29, 0.717) is 28.7 Å². The van der Waals surface area contributed by atoms with Gasteiger partial charge in [-0.05, 0) is 17.7 Å². The first-order chi connectivity index (χ1) is 12.1. The van der Waals surface area contributed by atoms with Crippen LogP contribution in [0, 0.1) is 0 Å². The second-order valence-corrected chi connectivity index (χ2v) is 5.70. The molecule has 2 N–H and O–H groups in total. The van der Waals surface area contributed by atoms with Gasteiger partial charge in [0.15, 0.2) is 11.5 Å². The minimum Gasteiger partial charge on any atom is -0.493 e. The van der Waals surface area contributed by atoms with Crippen LogP contribution in [0.1, 0.15) is 11.1 Å². The van der Waals surface area contributed by atoms with Crippen LogP contribution >= 0.6 is 11.6 Å². The average Bonchev–Trinajstić information content (AvgIpc) is 2.91. The molecule has 0 aliphatic carbocycles. The molecule has 0 bridgehead atoms. The van der Waals surface area contributed by atoms with Gasteiger partial charge in [-0.3, -0.25) is 10.1 Å². The first-order valence-corrected chi connectivity index (χ1v) is 7.83. The summed E-state index contributed by atoms with van der Waals surface area (Å²) in [7, 11) is 1.50. The monoisotopic (exact) mass is 358 g/mol. The van der Waals surface area contributed by atoms with Crippen molar-refractivity contribution in [2.45, 2.75) is 6.61 Å². The molecule has 1 aliphatic heterocycles. The SMILES string of the molecule is COc1cc(Cl)cc(/C=C2\NC(=O)NC2=O)c1OCc1ccccc1. The summed E-state index contributed by atoms with van der Waals surface area (Å²) < 4.78 is 11.2. The molecule has 128 valence electrons. The number of urea groups is 1. The summed E-state index contributed by atoms with van der Waals surface area (Å²) in [6, 6.07) is 12.3. The van der Waals surface area contributed by atoms with Gasteiger partial charge in [-0.2, -0.15) is 0 Å². The summed E-state index contributed by atoms with van der Waals surface area (Å²) in [5, 5.41) is 4.99. The maximum absolute atomic E-state index is 11.8. The summed E-state index contributed by atoms with van der Waals surface area (Å²) >= 11 is 6.12. The van der Waals surface area contributed by atoms with Crippen LogP contribution in [0.3, 0.4) is 0 Å². The molecule has 7 heteroatoms. The maximum Gasteiger partial charge on any atom is 0.326 e. The number of carbonyl (C=O) groups is 2. The Morgan fingerprint density at radius 1 is 1.12 bits per heavy atom. The Hall–Kier alpha value is -2.99. The summed E-state index contributed by atoms with van der Waals surface area (Å²) in [4.78, 5) is 23.0. The lowest BCUT2D eigenvalue weighted by Gasteiger charge is -2.14. The van der Waals surface area contributed by atoms with Crippen LogP contribution in [0.2, 0.25) is 5.02 Å². The maximum atomic E-state index is 11.8. The molecule has 6 nitrogen and oxygen atoms in total. The van der Waals surface area contributed by atoms with Crippen molar-refractivity contribution in [3.05, 3.63) is 64.3 Å². The number of ether oxygens (including phenoxy) is 2. The van der Waals surface area contributed by atoms with Crippen molar-refractivity contribution in [1.29, 1.82) is 0 Å². The van der Waals surface area contributed by atoms with Gasteiger partial charge in [0.2, 0.25) is 0 Å². The Labute approximate surface area is 149 Å². The highest BCUT2D eigenvalue weighted by Gasteiger charge is 2.24. The molecule has 0 saturated carbocycles. The zero-order valence-corrected chi connectivity index (χ0v) is 14.1. The van der Waals surface area contributed by atoms with Crippen LogP contribution in [0.15, 0.2) is 48.2 Å². The van der Waals surface area contributed by atoms with E-state index in [-0.39, 0.29) is 5.70 Å². The van der Waals surface area contributed by atoms with Gasteiger partial charge in [0, 0.05) is 16.7 Å². The molecular formula is C18H15ClN2O4. The van der Waals surface area contributed by atoms with Gasteiger partial charge in [0.1, 0.15) is 12.3 Å². The molecule has 3 amide bonds. The molecule has 0 atom stereocenters. The van der Waals surface area contributed by atoms with E-state index in [1.54, 1.807) is 12.1 Å². The highest BCUT2D eigenvalue weighted by molar-refractivity contribution is 6.31. The van der Waals surface area contributed by atoms with Crippen molar-refractivity contribution in [2.24, 2.45) is 0 Å². The Bertz CT molecular complexity index is 850. The summed E-state index contributed by atoms with van der Waals surface area (Å²) in [6.45, 7) is 0.313. The second kappa shape index (κ2) is 7.27. The molecule has 0 aromatic heterocycles. The molecular weight excluding hydrogens is 344 g/mol. The number of halogens is 1. The number of amides is 3. The standard InChI is InChI=1S/C18H15ClN2O4/c1-24-15-9-13(19)7-12(8-14-17(22)21-18(23)20-14)16(15)25-10-11-5-3-2-4-6-11/h2-9H,10H2,1H3,(H2,20,21,22,23)/b14-8-. The van der Waals surface area contributed by atoms with Crippen molar-refractivity contribution < 1.29 is 19.1 Å². The fraction of sp³-hybridized carbons (Fsp3) is 0.111. The van der Waals surface area contributed by atoms with Crippen molar-refractivity contribution in [1.82, 2.24) is 10.6 Å². The molecule has 2 aromatic rings. The molecule has 1 fully saturated rings. The summed E-state index contributed by atoms with van der Waals surface area (Å²) in [5.74, 6) is 0.343. The lowest BCUT2D eigenvalue weighted by Crippen LogP contribution is -2.22. The summed E-state index contributed by atoms with van der Waals surface area (Å²) in [5.41, 5.74) is 1.61. The lowest BCUT2D eigenvalue weighted by atomic mass is 10.1. The Morgan fingerprint density at radius 3 is 2.52 bits per heavy atom. The van der Waals surface area contributed by atoms with Gasteiger partial charge in [-0.15, -0.1) is 0 Å². The molecule has 25 heavy (non-hydrogen) atoms.